The Bertz CT molecular complexity index is 214. The van der Waals surface area contributed by atoms with Gasteiger partial charge in [0.1, 0.15) is 5.78 Å². The molecule has 2 aliphatic rings. The van der Waals surface area contributed by atoms with E-state index in [0.717, 1.165) is 31.3 Å². The normalized spacial score (nSPS) is 31.2. The van der Waals surface area contributed by atoms with Gasteiger partial charge in [0.15, 0.2) is 0 Å². The molecule has 1 aliphatic heterocycles. The number of piperidine rings is 1. The smallest absolute Gasteiger partial charge is 0.132 e. The number of Topliss-reactive ketones (excluding diaryl/α,β-unsaturated/α-hetero) is 1. The van der Waals surface area contributed by atoms with Crippen molar-refractivity contribution in [3.8, 4) is 0 Å². The molecule has 0 spiro atoms. The Morgan fingerprint density at radius 2 is 2.29 bits per heavy atom. The molecule has 1 saturated carbocycles. The molecule has 2 bridgehead atoms. The lowest BCUT2D eigenvalue weighted by molar-refractivity contribution is -0.118. The van der Waals surface area contributed by atoms with Crippen molar-refractivity contribution in [1.29, 1.82) is 0 Å². The first-order chi connectivity index (χ1) is 6.79. The van der Waals surface area contributed by atoms with Crippen LogP contribution >= 0.6 is 0 Å². The molecule has 2 fully saturated rings. The number of carbonyl (C=O) groups excluding carboxylic acids is 1. The molecule has 1 heterocycles. The lowest BCUT2D eigenvalue weighted by atomic mass is 10.1. The lowest BCUT2D eigenvalue weighted by Gasteiger charge is -2.26. The van der Waals surface area contributed by atoms with Gasteiger partial charge in [0.2, 0.25) is 0 Å². The molecule has 80 valence electrons. The van der Waals surface area contributed by atoms with Gasteiger partial charge in [-0.15, -0.1) is 0 Å². The number of likely N-dealkylation sites (tertiary alicyclic amines) is 1. The largest absolute Gasteiger partial charge is 0.300 e. The summed E-state index contributed by atoms with van der Waals surface area (Å²) >= 11 is 0. The second-order valence-electron chi connectivity index (χ2n) is 4.82. The molecule has 0 radical (unpaired) electrons. The summed E-state index contributed by atoms with van der Waals surface area (Å²) in [4.78, 5) is 13.7. The standard InChI is InChI=1S/C12H21NO/c1-2-12(14)4-3-7-13-9-10-5-6-11(13)8-10/h10-11H,2-9H2,1H3. The molecule has 14 heavy (non-hydrogen) atoms. The Labute approximate surface area is 86.7 Å². The summed E-state index contributed by atoms with van der Waals surface area (Å²) in [6.07, 6.45) is 6.88. The maximum absolute atomic E-state index is 11.1. The minimum atomic E-state index is 0.425. The van der Waals surface area contributed by atoms with Crippen LogP contribution < -0.4 is 0 Å². The third-order valence-electron chi connectivity index (χ3n) is 3.82. The van der Waals surface area contributed by atoms with E-state index in [0.29, 0.717) is 12.2 Å². The van der Waals surface area contributed by atoms with Crippen molar-refractivity contribution in [3.63, 3.8) is 0 Å². The fourth-order valence-corrected chi connectivity index (χ4v) is 2.96. The van der Waals surface area contributed by atoms with Crippen LogP contribution in [0.5, 0.6) is 0 Å². The van der Waals surface area contributed by atoms with Crippen LogP contribution in [0, 0.1) is 5.92 Å². The molecule has 0 aromatic heterocycles. The molecule has 2 nitrogen and oxygen atoms in total. The van der Waals surface area contributed by atoms with E-state index < -0.39 is 0 Å². The van der Waals surface area contributed by atoms with Gasteiger partial charge in [0, 0.05) is 25.4 Å². The van der Waals surface area contributed by atoms with Crippen molar-refractivity contribution >= 4 is 5.78 Å². The van der Waals surface area contributed by atoms with Crippen LogP contribution in [0.3, 0.4) is 0 Å². The monoisotopic (exact) mass is 195 g/mol. The highest BCUT2D eigenvalue weighted by atomic mass is 16.1. The van der Waals surface area contributed by atoms with E-state index >= 15 is 0 Å². The summed E-state index contributed by atoms with van der Waals surface area (Å²) in [6.45, 7) is 4.43. The number of ketones is 1. The minimum absolute atomic E-state index is 0.425. The first-order valence-electron chi connectivity index (χ1n) is 6.05. The molecular formula is C12H21NO. The molecule has 0 amide bonds. The van der Waals surface area contributed by atoms with E-state index in [4.69, 9.17) is 0 Å². The van der Waals surface area contributed by atoms with Gasteiger partial charge >= 0.3 is 0 Å². The van der Waals surface area contributed by atoms with E-state index in [-0.39, 0.29) is 0 Å². The molecule has 0 aromatic carbocycles. The van der Waals surface area contributed by atoms with Crippen LogP contribution in [-0.2, 0) is 4.79 Å². The number of hydrogen-bond donors (Lipinski definition) is 0. The maximum Gasteiger partial charge on any atom is 0.132 e. The summed E-state index contributed by atoms with van der Waals surface area (Å²) in [5, 5.41) is 0. The number of carbonyl (C=O) groups is 1. The van der Waals surface area contributed by atoms with Crippen molar-refractivity contribution in [2.24, 2.45) is 5.92 Å². The van der Waals surface area contributed by atoms with Crippen molar-refractivity contribution in [2.75, 3.05) is 13.1 Å². The Hall–Kier alpha value is -0.370. The van der Waals surface area contributed by atoms with Crippen LogP contribution in [-0.4, -0.2) is 29.8 Å². The Balaban J connectivity index is 1.64. The SMILES string of the molecule is CCC(=O)CCCN1CC2CCC1C2. The summed E-state index contributed by atoms with van der Waals surface area (Å²) in [7, 11) is 0. The topological polar surface area (TPSA) is 20.3 Å². The summed E-state index contributed by atoms with van der Waals surface area (Å²) < 4.78 is 0. The highest BCUT2D eigenvalue weighted by molar-refractivity contribution is 5.77. The molecule has 1 aliphatic carbocycles. The van der Waals surface area contributed by atoms with Gasteiger partial charge in [-0.25, -0.2) is 0 Å². The molecule has 2 rings (SSSR count). The molecule has 2 unspecified atom stereocenters. The molecular weight excluding hydrogens is 174 g/mol. The van der Waals surface area contributed by atoms with E-state index in [9.17, 15) is 4.79 Å². The first kappa shape index (κ1) is 10.2. The second-order valence-corrected chi connectivity index (χ2v) is 4.82. The molecule has 0 N–H and O–H groups in total. The van der Waals surface area contributed by atoms with Crippen LogP contribution in [0.1, 0.15) is 45.4 Å². The average molecular weight is 195 g/mol. The van der Waals surface area contributed by atoms with Crippen LogP contribution in [0.25, 0.3) is 0 Å². The summed E-state index contributed by atoms with van der Waals surface area (Å²) in [5.74, 6) is 1.41. The molecule has 2 atom stereocenters. The summed E-state index contributed by atoms with van der Waals surface area (Å²) in [5.41, 5.74) is 0. The third-order valence-corrected chi connectivity index (χ3v) is 3.82. The predicted octanol–water partition coefficient (Wildman–Crippen LogP) is 2.23. The minimum Gasteiger partial charge on any atom is -0.300 e. The number of fused-ring (bicyclic) bond motifs is 2. The Morgan fingerprint density at radius 1 is 1.43 bits per heavy atom. The fourth-order valence-electron chi connectivity index (χ4n) is 2.96. The Morgan fingerprint density at radius 3 is 2.86 bits per heavy atom. The van der Waals surface area contributed by atoms with Crippen molar-refractivity contribution < 1.29 is 4.79 Å². The quantitative estimate of drug-likeness (QED) is 0.670. The van der Waals surface area contributed by atoms with Gasteiger partial charge < -0.3 is 4.90 Å². The van der Waals surface area contributed by atoms with Gasteiger partial charge in [-0.05, 0) is 38.1 Å². The third kappa shape index (κ3) is 2.17. The number of hydrogen-bond acceptors (Lipinski definition) is 2. The second kappa shape index (κ2) is 4.43. The number of rotatable bonds is 5. The molecule has 2 heteroatoms. The fraction of sp³-hybridized carbons (Fsp3) is 0.917. The van der Waals surface area contributed by atoms with E-state index in [1.807, 2.05) is 6.92 Å². The maximum atomic E-state index is 11.1. The summed E-state index contributed by atoms with van der Waals surface area (Å²) in [6, 6.07) is 0.872. The highest BCUT2D eigenvalue weighted by Crippen LogP contribution is 2.37. The van der Waals surface area contributed by atoms with E-state index in [1.165, 1.54) is 25.8 Å². The van der Waals surface area contributed by atoms with E-state index in [2.05, 4.69) is 4.90 Å². The molecule has 0 aromatic rings. The zero-order valence-corrected chi connectivity index (χ0v) is 9.17. The van der Waals surface area contributed by atoms with Crippen molar-refractivity contribution in [1.82, 2.24) is 4.90 Å². The lowest BCUT2D eigenvalue weighted by Crippen LogP contribution is -2.33. The zero-order valence-electron chi connectivity index (χ0n) is 9.17. The van der Waals surface area contributed by atoms with Crippen LogP contribution in [0.15, 0.2) is 0 Å². The average Bonchev–Trinajstić information content (AvgIpc) is 2.79. The number of nitrogens with zero attached hydrogens (tertiary/aromatic N) is 1. The first-order valence-corrected chi connectivity index (χ1v) is 6.05. The van der Waals surface area contributed by atoms with Gasteiger partial charge in [-0.1, -0.05) is 6.92 Å². The van der Waals surface area contributed by atoms with Gasteiger partial charge in [0.05, 0.1) is 0 Å². The van der Waals surface area contributed by atoms with Crippen LogP contribution in [0.4, 0.5) is 0 Å². The highest BCUT2D eigenvalue weighted by Gasteiger charge is 2.36. The van der Waals surface area contributed by atoms with Gasteiger partial charge in [-0.2, -0.15) is 0 Å². The van der Waals surface area contributed by atoms with Gasteiger partial charge in [-0.3, -0.25) is 4.79 Å². The van der Waals surface area contributed by atoms with Crippen LogP contribution in [0.2, 0.25) is 0 Å². The Kier molecular flexibility index (Phi) is 3.22. The van der Waals surface area contributed by atoms with Gasteiger partial charge in [0.25, 0.3) is 0 Å². The van der Waals surface area contributed by atoms with E-state index in [1.54, 1.807) is 0 Å². The predicted molar refractivity (Wildman–Crippen MR) is 57.2 cm³/mol. The zero-order chi connectivity index (χ0) is 9.97. The van der Waals surface area contributed by atoms with Crippen molar-refractivity contribution in [2.45, 2.75) is 51.5 Å². The van der Waals surface area contributed by atoms with Crippen molar-refractivity contribution in [3.05, 3.63) is 0 Å². The molecule has 1 saturated heterocycles.